The average Bonchev–Trinajstić information content (AvgIpc) is 2.93. The Bertz CT molecular complexity index is 677. The number of pyridine rings is 1. The molecule has 1 N–H and O–H groups in total. The van der Waals surface area contributed by atoms with E-state index in [4.69, 9.17) is 4.52 Å². The van der Waals surface area contributed by atoms with Crippen molar-refractivity contribution in [1.82, 2.24) is 15.0 Å². The molecule has 0 atom stereocenters. The van der Waals surface area contributed by atoms with Gasteiger partial charge in [-0.3, -0.25) is 14.6 Å². The van der Waals surface area contributed by atoms with E-state index in [0.29, 0.717) is 35.8 Å². The molecule has 22 heavy (non-hydrogen) atoms. The van der Waals surface area contributed by atoms with Gasteiger partial charge in [-0.15, -0.1) is 0 Å². The Labute approximate surface area is 128 Å². The van der Waals surface area contributed by atoms with Crippen LogP contribution in [0.1, 0.15) is 40.3 Å². The van der Waals surface area contributed by atoms with Gasteiger partial charge in [0.05, 0.1) is 11.1 Å². The molecule has 2 aromatic heterocycles. The molecule has 2 heterocycles. The first-order valence-corrected chi connectivity index (χ1v) is 7.04. The molecule has 0 spiro atoms. The fourth-order valence-corrected chi connectivity index (χ4v) is 1.99. The van der Waals surface area contributed by atoms with Gasteiger partial charge in [-0.05, 0) is 26.8 Å². The van der Waals surface area contributed by atoms with Crippen LogP contribution in [0.4, 0.5) is 5.82 Å². The third-order valence-electron chi connectivity index (χ3n) is 3.17. The molecule has 2 rings (SSSR count). The zero-order valence-corrected chi connectivity index (χ0v) is 12.8. The second kappa shape index (κ2) is 6.84. The van der Waals surface area contributed by atoms with E-state index in [-0.39, 0.29) is 5.91 Å². The molecule has 116 valence electrons. The number of carbonyl (C=O) groups excluding carboxylic acids is 2. The first kappa shape index (κ1) is 15.7. The molecule has 0 aliphatic heterocycles. The van der Waals surface area contributed by atoms with Crippen LogP contribution in [-0.2, 0) is 0 Å². The minimum Gasteiger partial charge on any atom is -0.360 e. The van der Waals surface area contributed by atoms with E-state index < -0.39 is 5.91 Å². The number of carbonyl (C=O) groups is 2. The molecule has 0 bridgehead atoms. The maximum Gasteiger partial charge on any atom is 0.258 e. The average molecular weight is 302 g/mol. The molecule has 0 saturated heterocycles. The van der Waals surface area contributed by atoms with Crippen molar-refractivity contribution in [3.05, 3.63) is 41.4 Å². The van der Waals surface area contributed by atoms with E-state index in [1.165, 1.54) is 18.5 Å². The van der Waals surface area contributed by atoms with E-state index in [0.717, 1.165) is 0 Å². The van der Waals surface area contributed by atoms with Crippen molar-refractivity contribution in [3.8, 4) is 0 Å². The number of amides is 2. The van der Waals surface area contributed by atoms with Crippen LogP contribution in [0.5, 0.6) is 0 Å². The molecule has 0 aliphatic carbocycles. The maximum atomic E-state index is 12.3. The molecule has 0 aliphatic rings. The first-order valence-electron chi connectivity index (χ1n) is 7.04. The predicted octanol–water partition coefficient (Wildman–Crippen LogP) is 2.11. The van der Waals surface area contributed by atoms with E-state index in [9.17, 15) is 9.59 Å². The summed E-state index contributed by atoms with van der Waals surface area (Å²) in [6, 6.07) is 3.13. The highest BCUT2D eigenvalue weighted by Crippen LogP contribution is 2.11. The van der Waals surface area contributed by atoms with E-state index >= 15 is 0 Å². The van der Waals surface area contributed by atoms with Crippen molar-refractivity contribution in [2.24, 2.45) is 0 Å². The van der Waals surface area contributed by atoms with Gasteiger partial charge in [0, 0.05) is 31.5 Å². The van der Waals surface area contributed by atoms with Crippen molar-refractivity contribution in [3.63, 3.8) is 0 Å². The lowest BCUT2D eigenvalue weighted by Gasteiger charge is -2.18. The lowest BCUT2D eigenvalue weighted by atomic mass is 10.1. The Kier molecular flexibility index (Phi) is 4.88. The summed E-state index contributed by atoms with van der Waals surface area (Å²) in [4.78, 5) is 30.1. The second-order valence-corrected chi connectivity index (χ2v) is 4.72. The second-order valence-electron chi connectivity index (χ2n) is 4.72. The molecule has 0 unspecified atom stereocenters. The smallest absolute Gasteiger partial charge is 0.258 e. The normalized spacial score (nSPS) is 10.3. The quantitative estimate of drug-likeness (QED) is 0.913. The molecular weight excluding hydrogens is 284 g/mol. The zero-order chi connectivity index (χ0) is 16.1. The Hall–Kier alpha value is -2.70. The molecule has 0 radical (unpaired) electrons. The fourth-order valence-electron chi connectivity index (χ4n) is 1.99. The largest absolute Gasteiger partial charge is 0.360 e. The zero-order valence-electron chi connectivity index (χ0n) is 12.8. The summed E-state index contributed by atoms with van der Waals surface area (Å²) in [5.74, 6) is 0.376. The summed E-state index contributed by atoms with van der Waals surface area (Å²) in [7, 11) is 0. The standard InChI is InChI=1S/C15H18N4O3/c1-4-19(5-2)15(21)12-7-11(8-16-9-12)14(20)17-13-6-10(3)22-18-13/h6-9H,4-5H2,1-3H3,(H,17,18,20). The van der Waals surface area contributed by atoms with Crippen molar-refractivity contribution in [2.75, 3.05) is 18.4 Å². The first-order chi connectivity index (χ1) is 10.5. The molecule has 0 aromatic carbocycles. The summed E-state index contributed by atoms with van der Waals surface area (Å²) >= 11 is 0. The Balaban J connectivity index is 2.17. The summed E-state index contributed by atoms with van der Waals surface area (Å²) in [6.07, 6.45) is 2.86. The van der Waals surface area contributed by atoms with Crippen molar-refractivity contribution in [1.29, 1.82) is 0 Å². The maximum absolute atomic E-state index is 12.3. The summed E-state index contributed by atoms with van der Waals surface area (Å²) in [5, 5.41) is 6.28. The van der Waals surface area contributed by atoms with Gasteiger partial charge in [0.1, 0.15) is 5.76 Å². The molecule has 2 aromatic rings. The molecule has 2 amide bonds. The molecule has 7 heteroatoms. The fraction of sp³-hybridized carbons (Fsp3) is 0.333. The molecule has 0 saturated carbocycles. The van der Waals surface area contributed by atoms with E-state index in [1.807, 2.05) is 13.8 Å². The van der Waals surface area contributed by atoms with Gasteiger partial charge in [-0.2, -0.15) is 0 Å². The number of hydrogen-bond acceptors (Lipinski definition) is 5. The van der Waals surface area contributed by atoms with Crippen LogP contribution in [-0.4, -0.2) is 39.9 Å². The van der Waals surface area contributed by atoms with Gasteiger partial charge >= 0.3 is 0 Å². The number of hydrogen-bond donors (Lipinski definition) is 1. The van der Waals surface area contributed by atoms with Crippen LogP contribution in [0, 0.1) is 6.92 Å². The minimum absolute atomic E-state index is 0.149. The highest BCUT2D eigenvalue weighted by atomic mass is 16.5. The number of aryl methyl sites for hydroxylation is 1. The third-order valence-corrected chi connectivity index (χ3v) is 3.17. The molecule has 7 nitrogen and oxygen atoms in total. The third kappa shape index (κ3) is 3.49. The summed E-state index contributed by atoms with van der Waals surface area (Å²) < 4.78 is 4.88. The molecule has 0 fully saturated rings. The van der Waals surface area contributed by atoms with Gasteiger partial charge in [0.25, 0.3) is 11.8 Å². The van der Waals surface area contributed by atoms with Crippen molar-refractivity contribution in [2.45, 2.75) is 20.8 Å². The van der Waals surface area contributed by atoms with Gasteiger partial charge in [-0.25, -0.2) is 0 Å². The van der Waals surface area contributed by atoms with E-state index in [2.05, 4.69) is 15.5 Å². The molecular formula is C15H18N4O3. The number of rotatable bonds is 5. The lowest BCUT2D eigenvalue weighted by molar-refractivity contribution is 0.0772. The lowest BCUT2D eigenvalue weighted by Crippen LogP contribution is -2.30. The minimum atomic E-state index is -0.394. The Morgan fingerprint density at radius 1 is 1.18 bits per heavy atom. The van der Waals surface area contributed by atoms with Crippen LogP contribution in [0.2, 0.25) is 0 Å². The van der Waals surface area contributed by atoms with E-state index in [1.54, 1.807) is 17.9 Å². The highest BCUT2D eigenvalue weighted by molar-refractivity contribution is 6.05. The van der Waals surface area contributed by atoms with Gasteiger partial charge in [0.2, 0.25) is 0 Å². The van der Waals surface area contributed by atoms with Crippen LogP contribution in [0.15, 0.2) is 29.0 Å². The highest BCUT2D eigenvalue weighted by Gasteiger charge is 2.16. The van der Waals surface area contributed by atoms with Gasteiger partial charge < -0.3 is 14.7 Å². The van der Waals surface area contributed by atoms with Crippen molar-refractivity contribution >= 4 is 17.6 Å². The number of nitrogens with zero attached hydrogens (tertiary/aromatic N) is 3. The number of anilines is 1. The van der Waals surface area contributed by atoms with Crippen LogP contribution in [0.25, 0.3) is 0 Å². The SMILES string of the molecule is CCN(CC)C(=O)c1cncc(C(=O)Nc2cc(C)on2)c1. The Morgan fingerprint density at radius 3 is 2.45 bits per heavy atom. The number of aromatic nitrogens is 2. The monoisotopic (exact) mass is 302 g/mol. The van der Waals surface area contributed by atoms with Crippen molar-refractivity contribution < 1.29 is 14.1 Å². The summed E-state index contributed by atoms with van der Waals surface area (Å²) in [5.41, 5.74) is 0.673. The van der Waals surface area contributed by atoms with Gasteiger partial charge in [-0.1, -0.05) is 5.16 Å². The topological polar surface area (TPSA) is 88.3 Å². The van der Waals surface area contributed by atoms with Crippen LogP contribution >= 0.6 is 0 Å². The predicted molar refractivity (Wildman–Crippen MR) is 80.7 cm³/mol. The Morgan fingerprint density at radius 2 is 1.86 bits per heavy atom. The van der Waals surface area contributed by atoms with Crippen LogP contribution in [0.3, 0.4) is 0 Å². The number of nitrogens with one attached hydrogen (secondary N) is 1. The summed E-state index contributed by atoms with van der Waals surface area (Å²) in [6.45, 7) is 6.73. The van der Waals surface area contributed by atoms with Crippen LogP contribution < -0.4 is 5.32 Å². The van der Waals surface area contributed by atoms with Gasteiger partial charge in [0.15, 0.2) is 5.82 Å².